The molecule has 146 valence electrons. The van der Waals surface area contributed by atoms with Crippen LogP contribution in [0.2, 0.25) is 0 Å². The number of carbonyl (C=O) groups is 2. The third-order valence-corrected chi connectivity index (χ3v) is 5.95. The van der Waals surface area contributed by atoms with E-state index in [1.54, 1.807) is 12.1 Å². The molecule has 2 aromatic heterocycles. The van der Waals surface area contributed by atoms with Crippen LogP contribution in [0.15, 0.2) is 53.1 Å². The van der Waals surface area contributed by atoms with Crippen LogP contribution in [0.3, 0.4) is 0 Å². The second-order valence-electron chi connectivity index (χ2n) is 7.79. The Morgan fingerprint density at radius 1 is 1.10 bits per heavy atom. The van der Waals surface area contributed by atoms with Gasteiger partial charge >= 0.3 is 5.97 Å². The molecule has 0 saturated heterocycles. The lowest BCUT2D eigenvalue weighted by molar-refractivity contribution is -0.141. The summed E-state index contributed by atoms with van der Waals surface area (Å²) >= 11 is 0. The van der Waals surface area contributed by atoms with Crippen molar-refractivity contribution < 1.29 is 19.1 Å². The fourth-order valence-electron chi connectivity index (χ4n) is 4.43. The normalized spacial score (nSPS) is 14.3. The Morgan fingerprint density at radius 3 is 2.83 bits per heavy atom. The minimum atomic E-state index is -0.957. The van der Waals surface area contributed by atoms with Gasteiger partial charge < -0.3 is 14.5 Å². The molecule has 0 saturated carbocycles. The first-order chi connectivity index (χ1) is 14.1. The second-order valence-corrected chi connectivity index (χ2v) is 7.79. The van der Waals surface area contributed by atoms with Crippen molar-refractivity contribution in [1.29, 1.82) is 0 Å². The van der Waals surface area contributed by atoms with Crippen LogP contribution in [0.25, 0.3) is 21.9 Å². The summed E-state index contributed by atoms with van der Waals surface area (Å²) in [6, 6.07) is 13.3. The predicted molar refractivity (Wildman–Crippen MR) is 110 cm³/mol. The van der Waals surface area contributed by atoms with E-state index in [1.807, 2.05) is 36.5 Å². The number of rotatable bonds is 6. The van der Waals surface area contributed by atoms with E-state index in [9.17, 15) is 14.7 Å². The molecule has 1 unspecified atom stereocenters. The number of hydrogen-bond acceptors (Lipinski definition) is 3. The van der Waals surface area contributed by atoms with Crippen molar-refractivity contribution in [2.75, 3.05) is 0 Å². The molecular formula is C24H21NO4. The van der Waals surface area contributed by atoms with Crippen molar-refractivity contribution in [2.45, 2.75) is 32.1 Å². The van der Waals surface area contributed by atoms with Gasteiger partial charge in [-0.25, -0.2) is 0 Å². The third kappa shape index (κ3) is 3.12. The fraction of sp³-hybridized carbons (Fsp3) is 0.250. The highest BCUT2D eigenvalue weighted by Gasteiger charge is 2.25. The molecule has 2 aromatic carbocycles. The molecule has 0 spiro atoms. The van der Waals surface area contributed by atoms with Crippen LogP contribution in [0.4, 0.5) is 0 Å². The van der Waals surface area contributed by atoms with E-state index in [1.165, 1.54) is 5.56 Å². The number of H-pyrrole nitrogens is 1. The summed E-state index contributed by atoms with van der Waals surface area (Å²) in [5.74, 6) is -0.885. The van der Waals surface area contributed by atoms with Crippen molar-refractivity contribution in [3.63, 3.8) is 0 Å². The highest BCUT2D eigenvalue weighted by Crippen LogP contribution is 2.33. The van der Waals surface area contributed by atoms with Crippen LogP contribution in [0.1, 0.15) is 40.1 Å². The lowest BCUT2D eigenvalue weighted by atomic mass is 9.91. The first-order valence-electron chi connectivity index (χ1n) is 9.95. The molecule has 0 radical (unpaired) electrons. The van der Waals surface area contributed by atoms with Crippen molar-refractivity contribution >= 4 is 33.6 Å². The van der Waals surface area contributed by atoms with E-state index in [0.29, 0.717) is 12.0 Å². The Morgan fingerprint density at radius 2 is 1.97 bits per heavy atom. The topological polar surface area (TPSA) is 83.3 Å². The van der Waals surface area contributed by atoms with Gasteiger partial charge in [-0.1, -0.05) is 30.3 Å². The average molecular weight is 387 g/mol. The molecule has 1 atom stereocenters. The molecule has 4 aromatic rings. The average Bonchev–Trinajstić information content (AvgIpc) is 3.41. The minimum absolute atomic E-state index is 0.0409. The molecule has 2 N–H and O–H groups in total. The number of benzene rings is 2. The van der Waals surface area contributed by atoms with Crippen molar-refractivity contribution in [2.24, 2.45) is 5.92 Å². The molecule has 1 aliphatic carbocycles. The number of aryl methyl sites for hydroxylation is 2. The summed E-state index contributed by atoms with van der Waals surface area (Å²) < 4.78 is 5.91. The number of nitrogens with one attached hydrogen (secondary N) is 1. The van der Waals surface area contributed by atoms with Crippen LogP contribution in [0, 0.1) is 5.92 Å². The molecular weight excluding hydrogens is 366 g/mol. The Hall–Kier alpha value is -3.34. The van der Waals surface area contributed by atoms with Gasteiger partial charge in [-0.15, -0.1) is 0 Å². The van der Waals surface area contributed by atoms with E-state index in [4.69, 9.17) is 4.42 Å². The van der Waals surface area contributed by atoms with Gasteiger partial charge in [-0.2, -0.15) is 0 Å². The van der Waals surface area contributed by atoms with Crippen molar-refractivity contribution in [3.05, 3.63) is 71.1 Å². The monoisotopic (exact) mass is 387 g/mol. The lowest BCUT2D eigenvalue weighted by Crippen LogP contribution is -2.20. The smallest absolute Gasteiger partial charge is 0.307 e. The molecule has 2 heterocycles. The molecule has 5 nitrogen and oxygen atoms in total. The zero-order valence-electron chi connectivity index (χ0n) is 15.9. The minimum Gasteiger partial charge on any atom is -0.481 e. The van der Waals surface area contributed by atoms with Crippen molar-refractivity contribution in [1.82, 2.24) is 4.98 Å². The highest BCUT2D eigenvalue weighted by molar-refractivity contribution is 6.01. The van der Waals surface area contributed by atoms with E-state index >= 15 is 0 Å². The quantitative estimate of drug-likeness (QED) is 0.460. The van der Waals surface area contributed by atoms with E-state index < -0.39 is 11.9 Å². The summed E-state index contributed by atoms with van der Waals surface area (Å²) in [6.07, 6.45) is 5.17. The number of aromatic amines is 1. The summed E-state index contributed by atoms with van der Waals surface area (Å²) in [4.78, 5) is 27.9. The van der Waals surface area contributed by atoms with Gasteiger partial charge in [0.05, 0.1) is 5.92 Å². The van der Waals surface area contributed by atoms with Crippen LogP contribution >= 0.6 is 0 Å². The maximum Gasteiger partial charge on any atom is 0.307 e. The zero-order chi connectivity index (χ0) is 20.0. The lowest BCUT2D eigenvalue weighted by Gasteiger charge is -2.11. The number of para-hydroxylation sites is 1. The Bertz CT molecular complexity index is 1250. The standard InChI is InChI=1S/C24H21NO4/c26-21(14-8-9-19-18-5-3-7-22(18)29-23(19)12-14)11-15(24(27)28)10-16-13-25-20-6-2-1-4-17(16)20/h1-2,4,6,8-9,12-13,15,25H,3,5,7,10-11H2,(H,27,28). The maximum atomic E-state index is 12.9. The SMILES string of the molecule is O=C(CC(Cc1c[nH]c2ccccc12)C(=O)O)c1ccc2c3c(oc2c1)CCC3. The summed E-state index contributed by atoms with van der Waals surface area (Å²) in [5, 5.41) is 11.8. The molecule has 0 bridgehead atoms. The van der Waals surface area contributed by atoms with Crippen LogP contribution in [0.5, 0.6) is 0 Å². The first-order valence-corrected chi connectivity index (χ1v) is 9.95. The molecule has 29 heavy (non-hydrogen) atoms. The van der Waals surface area contributed by atoms with Gasteiger partial charge in [-0.05, 0) is 37.0 Å². The molecule has 5 rings (SSSR count). The van der Waals surface area contributed by atoms with Crippen molar-refractivity contribution in [3.8, 4) is 0 Å². The predicted octanol–water partition coefficient (Wildman–Crippen LogP) is 4.92. The largest absolute Gasteiger partial charge is 0.481 e. The summed E-state index contributed by atoms with van der Waals surface area (Å²) in [5.41, 5.74) is 4.37. The van der Waals surface area contributed by atoms with Gasteiger partial charge in [0.25, 0.3) is 0 Å². The number of aliphatic carboxylic acids is 1. The Balaban J connectivity index is 1.38. The van der Waals surface area contributed by atoms with E-state index in [-0.39, 0.29) is 12.2 Å². The second kappa shape index (κ2) is 6.92. The van der Waals surface area contributed by atoms with E-state index in [2.05, 4.69) is 4.98 Å². The number of ketones is 1. The first kappa shape index (κ1) is 17.7. The molecule has 1 aliphatic rings. The zero-order valence-corrected chi connectivity index (χ0v) is 15.9. The summed E-state index contributed by atoms with van der Waals surface area (Å²) in [6.45, 7) is 0. The fourth-order valence-corrected chi connectivity index (χ4v) is 4.43. The van der Waals surface area contributed by atoms with Gasteiger partial charge in [0.2, 0.25) is 0 Å². The number of furan rings is 1. The number of hydrogen-bond donors (Lipinski definition) is 2. The number of carboxylic acids is 1. The number of aromatic nitrogens is 1. The molecule has 5 heteroatoms. The summed E-state index contributed by atoms with van der Waals surface area (Å²) in [7, 11) is 0. The number of carboxylic acid groups (broad SMARTS) is 1. The Labute approximate surface area is 167 Å². The van der Waals surface area contributed by atoms with Crippen LogP contribution < -0.4 is 0 Å². The number of carbonyl (C=O) groups excluding carboxylic acids is 1. The molecule has 0 amide bonds. The molecule has 0 fully saturated rings. The van der Waals surface area contributed by atoms with Gasteiger partial charge in [-0.3, -0.25) is 9.59 Å². The number of Topliss-reactive ketones (excluding diaryl/α,β-unsaturated/α-hetero) is 1. The van der Waals surface area contributed by atoms with Crippen LogP contribution in [-0.2, 0) is 24.1 Å². The third-order valence-electron chi connectivity index (χ3n) is 5.95. The van der Waals surface area contributed by atoms with Gasteiger partial charge in [0, 0.05) is 46.5 Å². The maximum absolute atomic E-state index is 12.9. The highest BCUT2D eigenvalue weighted by atomic mass is 16.4. The number of fused-ring (bicyclic) bond motifs is 4. The molecule has 0 aliphatic heterocycles. The van der Waals surface area contributed by atoms with Crippen LogP contribution in [-0.4, -0.2) is 21.8 Å². The van der Waals surface area contributed by atoms with Gasteiger partial charge in [0.15, 0.2) is 5.78 Å². The van der Waals surface area contributed by atoms with E-state index in [0.717, 1.165) is 52.5 Å². The van der Waals surface area contributed by atoms with Gasteiger partial charge in [0.1, 0.15) is 11.3 Å². The Kier molecular flexibility index (Phi) is 4.23.